The lowest BCUT2D eigenvalue weighted by molar-refractivity contribution is -0.139. The Kier molecular flexibility index (Phi) is 5.78. The summed E-state index contributed by atoms with van der Waals surface area (Å²) in [4.78, 5) is 26.8. The predicted octanol–water partition coefficient (Wildman–Crippen LogP) is 4.06. The predicted molar refractivity (Wildman–Crippen MR) is 103 cm³/mol. The van der Waals surface area contributed by atoms with Gasteiger partial charge in [-0.3, -0.25) is 9.59 Å². The lowest BCUT2D eigenvalue weighted by Crippen LogP contribution is -2.30. The van der Waals surface area contributed by atoms with Gasteiger partial charge in [0.2, 0.25) is 0 Å². The Bertz CT molecular complexity index is 903. The third-order valence-corrected chi connectivity index (χ3v) is 4.63. The molecule has 1 amide bonds. The molecule has 1 heterocycles. The molecule has 146 valence electrons. The molecule has 5 nitrogen and oxygen atoms in total. The fourth-order valence-corrected chi connectivity index (χ4v) is 3.37. The Morgan fingerprint density at radius 1 is 1.07 bits per heavy atom. The molecule has 0 bridgehead atoms. The van der Waals surface area contributed by atoms with Crippen molar-refractivity contribution in [1.29, 1.82) is 0 Å². The van der Waals surface area contributed by atoms with Crippen LogP contribution >= 0.6 is 0 Å². The van der Waals surface area contributed by atoms with Crippen molar-refractivity contribution in [3.8, 4) is 5.75 Å². The number of halogens is 1. The van der Waals surface area contributed by atoms with Gasteiger partial charge in [-0.1, -0.05) is 19.1 Å². The van der Waals surface area contributed by atoms with Gasteiger partial charge in [0.15, 0.2) is 0 Å². The molecule has 28 heavy (non-hydrogen) atoms. The summed E-state index contributed by atoms with van der Waals surface area (Å²) in [5, 5.41) is 10.8. The number of hydrogen-bond donors (Lipinski definition) is 1. The van der Waals surface area contributed by atoms with E-state index in [9.17, 15) is 19.1 Å². The quantitative estimate of drug-likeness (QED) is 0.464. The lowest BCUT2D eigenvalue weighted by Gasteiger charge is -2.25. The van der Waals surface area contributed by atoms with E-state index in [-0.39, 0.29) is 16.9 Å². The topological polar surface area (TPSA) is 66.8 Å². The maximum Gasteiger partial charge on any atom is 0.295 e. The first-order chi connectivity index (χ1) is 13.5. The summed E-state index contributed by atoms with van der Waals surface area (Å²) in [6, 6.07) is 11.5. The number of amides is 1. The molecule has 0 spiro atoms. The number of rotatable bonds is 6. The number of likely N-dealkylation sites (tertiary alicyclic amines) is 1. The van der Waals surface area contributed by atoms with E-state index in [0.29, 0.717) is 30.9 Å². The average molecular weight is 383 g/mol. The van der Waals surface area contributed by atoms with Crippen molar-refractivity contribution < 1.29 is 23.8 Å². The largest absolute Gasteiger partial charge is 0.507 e. The number of ketones is 1. The number of Topliss-reactive ketones (excluding diaryl/α,β-unsaturated/α-hetero) is 1. The first-order valence-electron chi connectivity index (χ1n) is 9.25. The second-order valence-corrected chi connectivity index (χ2v) is 6.50. The highest BCUT2D eigenvalue weighted by molar-refractivity contribution is 6.46. The summed E-state index contributed by atoms with van der Waals surface area (Å²) in [6.45, 7) is 4.70. The van der Waals surface area contributed by atoms with E-state index in [2.05, 4.69) is 0 Å². The molecule has 0 saturated carbocycles. The van der Waals surface area contributed by atoms with Crippen LogP contribution in [0.4, 0.5) is 4.39 Å². The highest BCUT2D eigenvalue weighted by atomic mass is 19.1. The average Bonchev–Trinajstić information content (AvgIpc) is 2.94. The summed E-state index contributed by atoms with van der Waals surface area (Å²) in [6.07, 6.45) is 0.664. The Balaban J connectivity index is 2.11. The summed E-state index contributed by atoms with van der Waals surface area (Å²) >= 11 is 0. The van der Waals surface area contributed by atoms with Crippen LogP contribution in [-0.2, 0) is 9.59 Å². The zero-order valence-electron chi connectivity index (χ0n) is 15.8. The number of nitrogens with zero attached hydrogens (tertiary/aromatic N) is 1. The van der Waals surface area contributed by atoms with Gasteiger partial charge in [0.25, 0.3) is 11.7 Å². The molecule has 1 saturated heterocycles. The molecule has 1 N–H and O–H groups in total. The van der Waals surface area contributed by atoms with Crippen molar-refractivity contribution in [2.75, 3.05) is 13.2 Å². The van der Waals surface area contributed by atoms with Gasteiger partial charge in [0.1, 0.15) is 17.3 Å². The smallest absolute Gasteiger partial charge is 0.295 e. The highest BCUT2D eigenvalue weighted by Gasteiger charge is 2.45. The van der Waals surface area contributed by atoms with E-state index < -0.39 is 23.5 Å². The van der Waals surface area contributed by atoms with E-state index >= 15 is 0 Å². The Morgan fingerprint density at radius 3 is 2.29 bits per heavy atom. The van der Waals surface area contributed by atoms with Crippen LogP contribution in [0.25, 0.3) is 5.76 Å². The van der Waals surface area contributed by atoms with Crippen molar-refractivity contribution in [1.82, 2.24) is 4.90 Å². The van der Waals surface area contributed by atoms with Gasteiger partial charge in [0, 0.05) is 12.1 Å². The van der Waals surface area contributed by atoms with Crippen LogP contribution < -0.4 is 4.74 Å². The van der Waals surface area contributed by atoms with Crippen LogP contribution in [-0.4, -0.2) is 34.8 Å². The number of carbonyl (C=O) groups excluding carboxylic acids is 2. The summed E-state index contributed by atoms with van der Waals surface area (Å²) in [5.74, 6) is -1.47. The van der Waals surface area contributed by atoms with Crippen LogP contribution in [0.5, 0.6) is 5.75 Å². The molecule has 1 fully saturated rings. The Labute approximate surface area is 163 Å². The molecular weight excluding hydrogens is 361 g/mol. The minimum atomic E-state index is -0.742. The minimum absolute atomic E-state index is 0.00854. The second-order valence-electron chi connectivity index (χ2n) is 6.50. The van der Waals surface area contributed by atoms with Crippen LogP contribution in [0.2, 0.25) is 0 Å². The van der Waals surface area contributed by atoms with Gasteiger partial charge >= 0.3 is 0 Å². The summed E-state index contributed by atoms with van der Waals surface area (Å²) < 4.78 is 18.7. The van der Waals surface area contributed by atoms with E-state index in [4.69, 9.17) is 4.74 Å². The third kappa shape index (κ3) is 3.63. The molecule has 6 heteroatoms. The van der Waals surface area contributed by atoms with Gasteiger partial charge < -0.3 is 14.7 Å². The highest BCUT2D eigenvalue weighted by Crippen LogP contribution is 2.39. The molecule has 1 atom stereocenters. The third-order valence-electron chi connectivity index (χ3n) is 4.63. The Hall–Kier alpha value is -3.15. The SMILES string of the molecule is CCCN1C(=O)C(=O)/C(=C(\O)c2ccc(F)cc2)C1c1ccc(OCC)cc1. The van der Waals surface area contributed by atoms with Crippen molar-refractivity contribution in [2.24, 2.45) is 0 Å². The number of aliphatic hydroxyl groups excluding tert-OH is 1. The molecule has 1 unspecified atom stereocenters. The van der Waals surface area contributed by atoms with Gasteiger partial charge in [-0.15, -0.1) is 0 Å². The molecule has 0 radical (unpaired) electrons. The van der Waals surface area contributed by atoms with Crippen molar-refractivity contribution in [2.45, 2.75) is 26.3 Å². The van der Waals surface area contributed by atoms with Gasteiger partial charge in [-0.2, -0.15) is 0 Å². The van der Waals surface area contributed by atoms with E-state index in [1.54, 1.807) is 24.3 Å². The number of carbonyl (C=O) groups is 2. The molecule has 1 aliphatic heterocycles. The van der Waals surface area contributed by atoms with Gasteiger partial charge in [-0.05, 0) is 55.3 Å². The molecule has 0 aliphatic carbocycles. The number of aliphatic hydroxyl groups is 1. The van der Waals surface area contributed by atoms with E-state index in [1.807, 2.05) is 13.8 Å². The summed E-state index contributed by atoms with van der Waals surface area (Å²) in [7, 11) is 0. The fourth-order valence-electron chi connectivity index (χ4n) is 3.37. The molecule has 1 aliphatic rings. The zero-order chi connectivity index (χ0) is 20.3. The molecule has 0 aromatic heterocycles. The first kappa shape index (κ1) is 19.6. The van der Waals surface area contributed by atoms with E-state index in [0.717, 1.165) is 0 Å². The maximum absolute atomic E-state index is 13.2. The van der Waals surface area contributed by atoms with Gasteiger partial charge in [0.05, 0.1) is 18.2 Å². The monoisotopic (exact) mass is 383 g/mol. The first-order valence-corrected chi connectivity index (χ1v) is 9.25. The molecule has 3 rings (SSSR count). The van der Waals surface area contributed by atoms with Crippen molar-refractivity contribution in [3.63, 3.8) is 0 Å². The maximum atomic E-state index is 13.2. The zero-order valence-corrected chi connectivity index (χ0v) is 15.8. The molecular formula is C22H22FNO4. The summed E-state index contributed by atoms with van der Waals surface area (Å²) in [5.41, 5.74) is 0.987. The van der Waals surface area contributed by atoms with Crippen LogP contribution in [0.1, 0.15) is 37.4 Å². The van der Waals surface area contributed by atoms with Crippen molar-refractivity contribution in [3.05, 3.63) is 71.0 Å². The number of hydrogen-bond acceptors (Lipinski definition) is 4. The number of benzene rings is 2. The van der Waals surface area contributed by atoms with Crippen LogP contribution in [0.15, 0.2) is 54.1 Å². The fraction of sp³-hybridized carbons (Fsp3) is 0.273. The van der Waals surface area contributed by atoms with Crippen molar-refractivity contribution >= 4 is 17.4 Å². The Morgan fingerprint density at radius 2 is 1.71 bits per heavy atom. The normalized spacial score (nSPS) is 18.5. The molecule has 2 aromatic carbocycles. The molecule has 2 aromatic rings. The van der Waals surface area contributed by atoms with Gasteiger partial charge in [-0.25, -0.2) is 4.39 Å². The van der Waals surface area contributed by atoms with E-state index in [1.165, 1.54) is 29.2 Å². The standard InChI is InChI=1S/C22H22FNO4/c1-3-13-24-19(14-7-11-17(12-8-14)28-4-2)18(21(26)22(24)27)20(25)15-5-9-16(23)10-6-15/h5-12,19,25H,3-4,13H2,1-2H3/b20-18-. The second kappa shape index (κ2) is 8.25. The van der Waals surface area contributed by atoms with Crippen LogP contribution in [0, 0.1) is 5.82 Å². The minimum Gasteiger partial charge on any atom is -0.507 e. The van der Waals surface area contributed by atoms with Crippen LogP contribution in [0.3, 0.4) is 0 Å². The number of ether oxygens (including phenoxy) is 1. The lowest BCUT2D eigenvalue weighted by atomic mass is 9.95.